The lowest BCUT2D eigenvalue weighted by Gasteiger charge is -2.07. The van der Waals surface area contributed by atoms with Gasteiger partial charge in [0.25, 0.3) is 0 Å². The monoisotopic (exact) mass is 382 g/mol. The minimum atomic E-state index is -3.58. The van der Waals surface area contributed by atoms with E-state index in [1.165, 1.54) is 12.1 Å². The van der Waals surface area contributed by atoms with Gasteiger partial charge < -0.3 is 4.98 Å². The van der Waals surface area contributed by atoms with E-state index in [9.17, 15) is 8.42 Å². The van der Waals surface area contributed by atoms with Gasteiger partial charge in [-0.3, -0.25) is 0 Å². The van der Waals surface area contributed by atoms with Gasteiger partial charge in [0, 0.05) is 33.2 Å². The SMILES string of the molecule is Cc1[nH]c2ccc(Cl)cc2c1CCNS(=O)(=O)c1cccc(Cl)c1. The molecule has 0 bridgehead atoms. The van der Waals surface area contributed by atoms with Crippen LogP contribution in [0, 0.1) is 6.92 Å². The number of hydrogen-bond acceptors (Lipinski definition) is 2. The zero-order chi connectivity index (χ0) is 17.3. The summed E-state index contributed by atoms with van der Waals surface area (Å²) in [6.07, 6.45) is 0.561. The molecule has 0 aliphatic rings. The Morgan fingerprint density at radius 2 is 1.83 bits per heavy atom. The molecule has 2 N–H and O–H groups in total. The van der Waals surface area contributed by atoms with Crippen molar-refractivity contribution in [3.63, 3.8) is 0 Å². The van der Waals surface area contributed by atoms with Crippen LogP contribution in [0.1, 0.15) is 11.3 Å². The van der Waals surface area contributed by atoms with Gasteiger partial charge in [0.2, 0.25) is 10.0 Å². The number of sulfonamides is 1. The number of aromatic nitrogens is 1. The number of rotatable bonds is 5. The highest BCUT2D eigenvalue weighted by molar-refractivity contribution is 7.89. The maximum absolute atomic E-state index is 12.3. The minimum Gasteiger partial charge on any atom is -0.358 e. The van der Waals surface area contributed by atoms with E-state index in [0.29, 0.717) is 16.5 Å². The third kappa shape index (κ3) is 3.59. The van der Waals surface area contributed by atoms with Crippen LogP contribution in [0.4, 0.5) is 0 Å². The predicted molar refractivity (Wildman–Crippen MR) is 98.4 cm³/mol. The van der Waals surface area contributed by atoms with Crippen LogP contribution < -0.4 is 4.72 Å². The summed E-state index contributed by atoms with van der Waals surface area (Å²) in [6.45, 7) is 2.25. The average molecular weight is 383 g/mol. The quantitative estimate of drug-likeness (QED) is 0.690. The zero-order valence-electron chi connectivity index (χ0n) is 12.9. The third-order valence-electron chi connectivity index (χ3n) is 3.86. The molecule has 0 amide bonds. The summed E-state index contributed by atoms with van der Waals surface area (Å²) in [5.41, 5.74) is 3.06. The highest BCUT2D eigenvalue weighted by Gasteiger charge is 2.15. The number of hydrogen-bond donors (Lipinski definition) is 2. The van der Waals surface area contributed by atoms with Crippen molar-refractivity contribution in [2.45, 2.75) is 18.2 Å². The molecule has 7 heteroatoms. The predicted octanol–water partition coefficient (Wildman–Crippen LogP) is 4.30. The third-order valence-corrected chi connectivity index (χ3v) is 5.78. The Bertz CT molecular complexity index is 997. The van der Waals surface area contributed by atoms with Crippen molar-refractivity contribution in [3.05, 3.63) is 63.8 Å². The Morgan fingerprint density at radius 3 is 2.58 bits per heavy atom. The van der Waals surface area contributed by atoms with E-state index in [4.69, 9.17) is 23.2 Å². The molecule has 1 aromatic heterocycles. The van der Waals surface area contributed by atoms with Gasteiger partial charge in [-0.1, -0.05) is 29.3 Å². The fraction of sp³-hybridized carbons (Fsp3) is 0.176. The lowest BCUT2D eigenvalue weighted by Crippen LogP contribution is -2.26. The number of benzene rings is 2. The van der Waals surface area contributed by atoms with Crippen LogP contribution in [0.5, 0.6) is 0 Å². The number of nitrogens with one attached hydrogen (secondary N) is 2. The molecule has 4 nitrogen and oxygen atoms in total. The van der Waals surface area contributed by atoms with Crippen molar-refractivity contribution >= 4 is 44.1 Å². The van der Waals surface area contributed by atoms with Crippen molar-refractivity contribution in [1.82, 2.24) is 9.71 Å². The van der Waals surface area contributed by atoms with Gasteiger partial charge in [0.05, 0.1) is 4.90 Å². The summed E-state index contributed by atoms with van der Waals surface area (Å²) in [7, 11) is -3.58. The molecule has 0 fully saturated rings. The highest BCUT2D eigenvalue weighted by atomic mass is 35.5. The normalized spacial score (nSPS) is 12.0. The topological polar surface area (TPSA) is 62.0 Å². The highest BCUT2D eigenvalue weighted by Crippen LogP contribution is 2.25. The summed E-state index contributed by atoms with van der Waals surface area (Å²) in [5.74, 6) is 0. The molecule has 0 atom stereocenters. The van der Waals surface area contributed by atoms with E-state index in [0.717, 1.165) is 22.2 Å². The first-order valence-corrected chi connectivity index (χ1v) is 9.63. The van der Waals surface area contributed by atoms with Gasteiger partial charge in [-0.25, -0.2) is 13.1 Å². The minimum absolute atomic E-state index is 0.161. The molecule has 2 aromatic carbocycles. The number of halogens is 2. The maximum atomic E-state index is 12.3. The Labute approximate surface area is 150 Å². The molecule has 24 heavy (non-hydrogen) atoms. The first kappa shape index (κ1) is 17.3. The largest absolute Gasteiger partial charge is 0.358 e. The summed E-state index contributed by atoms with van der Waals surface area (Å²) in [6, 6.07) is 11.8. The van der Waals surface area contributed by atoms with Crippen molar-refractivity contribution in [2.24, 2.45) is 0 Å². The first-order chi connectivity index (χ1) is 11.4. The number of aryl methyl sites for hydroxylation is 1. The lowest BCUT2D eigenvalue weighted by molar-refractivity contribution is 0.581. The van der Waals surface area contributed by atoms with Gasteiger partial charge in [0.15, 0.2) is 0 Å². The van der Waals surface area contributed by atoms with Crippen molar-refractivity contribution in [1.29, 1.82) is 0 Å². The molecule has 0 aliphatic heterocycles. The molecule has 3 rings (SSSR count). The molecule has 0 radical (unpaired) electrons. The maximum Gasteiger partial charge on any atom is 0.240 e. The molecule has 0 saturated heterocycles. The van der Waals surface area contributed by atoms with Gasteiger partial charge in [-0.2, -0.15) is 0 Å². The number of aromatic amines is 1. The fourth-order valence-corrected chi connectivity index (χ4v) is 4.21. The van der Waals surface area contributed by atoms with Crippen LogP contribution >= 0.6 is 23.2 Å². The van der Waals surface area contributed by atoms with Crippen LogP contribution in [0.25, 0.3) is 10.9 Å². The summed E-state index contributed by atoms with van der Waals surface area (Å²) in [5, 5.41) is 2.06. The molecule has 126 valence electrons. The molecular formula is C17H16Cl2N2O2S. The molecule has 3 aromatic rings. The Balaban J connectivity index is 1.77. The second-order valence-corrected chi connectivity index (χ2v) is 8.16. The fourth-order valence-electron chi connectivity index (χ4n) is 2.70. The van der Waals surface area contributed by atoms with E-state index in [2.05, 4.69) is 9.71 Å². The summed E-state index contributed by atoms with van der Waals surface area (Å²) >= 11 is 11.9. The van der Waals surface area contributed by atoms with Gasteiger partial charge in [-0.15, -0.1) is 0 Å². The van der Waals surface area contributed by atoms with Crippen molar-refractivity contribution < 1.29 is 8.42 Å². The standard InChI is InChI=1S/C17H16Cl2N2O2S/c1-11-15(16-10-13(19)5-6-17(16)21-11)7-8-20-24(22,23)14-4-2-3-12(18)9-14/h2-6,9-10,20-21H,7-8H2,1H3. The van der Waals surface area contributed by atoms with E-state index < -0.39 is 10.0 Å². The van der Waals surface area contributed by atoms with E-state index in [-0.39, 0.29) is 11.4 Å². The molecule has 0 saturated carbocycles. The van der Waals surface area contributed by atoms with Crippen LogP contribution in [0.2, 0.25) is 10.0 Å². The van der Waals surface area contributed by atoms with E-state index >= 15 is 0 Å². The molecule has 0 spiro atoms. The van der Waals surface area contributed by atoms with Crippen molar-refractivity contribution in [3.8, 4) is 0 Å². The molecule has 0 aliphatic carbocycles. The van der Waals surface area contributed by atoms with Gasteiger partial charge in [0.1, 0.15) is 0 Å². The van der Waals surface area contributed by atoms with E-state index in [1.54, 1.807) is 12.1 Å². The Hall–Kier alpha value is -1.53. The molecule has 0 unspecified atom stereocenters. The summed E-state index contributed by atoms with van der Waals surface area (Å²) in [4.78, 5) is 3.45. The second kappa shape index (κ2) is 6.76. The number of H-pyrrole nitrogens is 1. The Kier molecular flexibility index (Phi) is 4.88. The van der Waals surface area contributed by atoms with Crippen LogP contribution in [-0.4, -0.2) is 19.9 Å². The van der Waals surface area contributed by atoms with Crippen LogP contribution in [0.3, 0.4) is 0 Å². The van der Waals surface area contributed by atoms with E-state index in [1.807, 2.05) is 25.1 Å². The molecular weight excluding hydrogens is 367 g/mol. The van der Waals surface area contributed by atoms with Crippen LogP contribution in [-0.2, 0) is 16.4 Å². The first-order valence-electron chi connectivity index (χ1n) is 7.39. The smallest absolute Gasteiger partial charge is 0.240 e. The van der Waals surface area contributed by atoms with Gasteiger partial charge >= 0.3 is 0 Å². The lowest BCUT2D eigenvalue weighted by atomic mass is 10.1. The average Bonchev–Trinajstić information content (AvgIpc) is 2.83. The number of fused-ring (bicyclic) bond motifs is 1. The van der Waals surface area contributed by atoms with Crippen LogP contribution in [0.15, 0.2) is 47.4 Å². The van der Waals surface area contributed by atoms with Crippen molar-refractivity contribution in [2.75, 3.05) is 6.54 Å². The zero-order valence-corrected chi connectivity index (χ0v) is 15.3. The van der Waals surface area contributed by atoms with Gasteiger partial charge in [-0.05, 0) is 55.3 Å². The summed E-state index contributed by atoms with van der Waals surface area (Å²) < 4.78 is 27.2. The Morgan fingerprint density at radius 1 is 1.08 bits per heavy atom. The second-order valence-electron chi connectivity index (χ2n) is 5.52. The molecule has 1 heterocycles.